The summed E-state index contributed by atoms with van der Waals surface area (Å²) in [4.78, 5) is 34.1. The highest BCUT2D eigenvalue weighted by molar-refractivity contribution is 6.07. The van der Waals surface area contributed by atoms with Crippen LogP contribution in [0.5, 0.6) is 0 Å². The van der Waals surface area contributed by atoms with E-state index in [2.05, 4.69) is 31.3 Å². The van der Waals surface area contributed by atoms with Gasteiger partial charge in [-0.15, -0.1) is 24.8 Å². The summed E-state index contributed by atoms with van der Waals surface area (Å²) < 4.78 is 0. The molecule has 198 valence electrons. The number of hydrogen-bond acceptors (Lipinski definition) is 6. The van der Waals surface area contributed by atoms with Crippen LogP contribution >= 0.6 is 24.8 Å². The van der Waals surface area contributed by atoms with Gasteiger partial charge in [0.15, 0.2) is 0 Å². The predicted octanol–water partition coefficient (Wildman–Crippen LogP) is 4.12. The first kappa shape index (κ1) is 28.7. The van der Waals surface area contributed by atoms with Crippen molar-refractivity contribution in [1.82, 2.24) is 10.6 Å². The van der Waals surface area contributed by atoms with Gasteiger partial charge in [-0.3, -0.25) is 19.6 Å². The molecule has 0 spiro atoms. The van der Waals surface area contributed by atoms with Crippen molar-refractivity contribution < 1.29 is 9.59 Å². The maximum atomic E-state index is 12.7. The monoisotopic (exact) mass is 552 g/mol. The smallest absolute Gasteiger partial charge is 0.255 e. The van der Waals surface area contributed by atoms with E-state index < -0.39 is 0 Å². The van der Waals surface area contributed by atoms with Crippen molar-refractivity contribution in [3.05, 3.63) is 95.1 Å². The minimum Gasteiger partial charge on any atom is -0.372 e. The van der Waals surface area contributed by atoms with Gasteiger partial charge in [0.25, 0.3) is 11.8 Å². The number of carbonyl (C=O) groups is 2. The molecule has 4 N–H and O–H groups in total. The van der Waals surface area contributed by atoms with E-state index in [0.717, 1.165) is 61.8 Å². The number of hydrogen-bond donors (Lipinski definition) is 4. The van der Waals surface area contributed by atoms with Crippen molar-refractivity contribution in [2.24, 2.45) is 9.98 Å². The Morgan fingerprint density at radius 3 is 1.29 bits per heavy atom. The first-order chi connectivity index (χ1) is 17.6. The van der Waals surface area contributed by atoms with Crippen LogP contribution in [0.25, 0.3) is 0 Å². The van der Waals surface area contributed by atoms with E-state index in [1.165, 1.54) is 0 Å². The van der Waals surface area contributed by atoms with E-state index in [-0.39, 0.29) is 36.6 Å². The van der Waals surface area contributed by atoms with Crippen molar-refractivity contribution in [3.8, 4) is 0 Å². The number of amidine groups is 2. The SMILES string of the molecule is Cl.Cl.O=C(Nc1ccc(CC2=NCCN2)cc1)c1ccc(C(=O)Nc2ccc(CC3=NCCN3)cc2)cc1. The third kappa shape index (κ3) is 7.57. The highest BCUT2D eigenvalue weighted by Crippen LogP contribution is 2.15. The molecule has 0 fully saturated rings. The van der Waals surface area contributed by atoms with Crippen LogP contribution < -0.4 is 21.3 Å². The number of rotatable bonds is 8. The molecule has 0 aromatic heterocycles. The summed E-state index contributed by atoms with van der Waals surface area (Å²) >= 11 is 0. The van der Waals surface area contributed by atoms with E-state index in [0.29, 0.717) is 22.5 Å². The fourth-order valence-corrected chi connectivity index (χ4v) is 4.11. The van der Waals surface area contributed by atoms with Crippen LogP contribution in [0, 0.1) is 0 Å². The van der Waals surface area contributed by atoms with Crippen LogP contribution in [-0.4, -0.2) is 49.7 Å². The molecule has 5 rings (SSSR count). The molecule has 0 aliphatic carbocycles. The van der Waals surface area contributed by atoms with E-state index in [9.17, 15) is 9.59 Å². The van der Waals surface area contributed by atoms with E-state index in [1.807, 2.05) is 48.5 Å². The summed E-state index contributed by atoms with van der Waals surface area (Å²) in [5.74, 6) is 1.54. The normalized spacial score (nSPS) is 13.6. The lowest BCUT2D eigenvalue weighted by Crippen LogP contribution is -2.20. The van der Waals surface area contributed by atoms with Gasteiger partial charge in [-0.2, -0.15) is 0 Å². The predicted molar refractivity (Wildman–Crippen MR) is 158 cm³/mol. The lowest BCUT2D eigenvalue weighted by atomic mass is 10.1. The Morgan fingerprint density at radius 1 is 0.605 bits per heavy atom. The second kappa shape index (κ2) is 13.6. The van der Waals surface area contributed by atoms with Crippen LogP contribution in [0.2, 0.25) is 0 Å². The zero-order valence-electron chi connectivity index (χ0n) is 20.7. The summed E-state index contributed by atoms with van der Waals surface area (Å²) in [5.41, 5.74) is 4.65. The molecule has 0 saturated heterocycles. The maximum absolute atomic E-state index is 12.7. The summed E-state index contributed by atoms with van der Waals surface area (Å²) in [6.45, 7) is 3.44. The number of nitrogens with one attached hydrogen (secondary N) is 4. The molecule has 0 radical (unpaired) electrons. The third-order valence-corrected chi connectivity index (χ3v) is 6.06. The van der Waals surface area contributed by atoms with E-state index in [1.54, 1.807) is 24.3 Å². The number of benzene rings is 3. The van der Waals surface area contributed by atoms with Crippen LogP contribution in [0.3, 0.4) is 0 Å². The Labute approximate surface area is 234 Å². The largest absolute Gasteiger partial charge is 0.372 e. The summed E-state index contributed by atoms with van der Waals surface area (Å²) in [6, 6.07) is 22.1. The van der Waals surface area contributed by atoms with Crippen LogP contribution in [0.1, 0.15) is 31.8 Å². The minimum absolute atomic E-state index is 0. The third-order valence-electron chi connectivity index (χ3n) is 6.06. The van der Waals surface area contributed by atoms with Gasteiger partial charge in [0.1, 0.15) is 11.7 Å². The second-order valence-electron chi connectivity index (χ2n) is 8.74. The fourth-order valence-electron chi connectivity index (χ4n) is 4.11. The Morgan fingerprint density at radius 2 is 0.974 bits per heavy atom. The summed E-state index contributed by atoms with van der Waals surface area (Å²) in [6.07, 6.45) is 1.52. The van der Waals surface area contributed by atoms with Crippen molar-refractivity contribution in [2.75, 3.05) is 36.8 Å². The second-order valence-corrected chi connectivity index (χ2v) is 8.74. The number of aliphatic imine (C=N–C) groups is 2. The molecule has 2 aliphatic rings. The zero-order chi connectivity index (χ0) is 24.7. The van der Waals surface area contributed by atoms with Gasteiger partial charge in [-0.05, 0) is 59.7 Å². The number of nitrogens with zero attached hydrogens (tertiary/aromatic N) is 2. The molecule has 2 amide bonds. The van der Waals surface area contributed by atoms with Crippen LogP contribution in [-0.2, 0) is 12.8 Å². The van der Waals surface area contributed by atoms with Gasteiger partial charge in [0, 0.05) is 48.4 Å². The van der Waals surface area contributed by atoms with Gasteiger partial charge in [0.05, 0.1) is 13.1 Å². The first-order valence-corrected chi connectivity index (χ1v) is 12.1. The zero-order valence-corrected chi connectivity index (χ0v) is 22.3. The maximum Gasteiger partial charge on any atom is 0.255 e. The molecule has 0 saturated carbocycles. The van der Waals surface area contributed by atoms with Crippen LogP contribution in [0.4, 0.5) is 11.4 Å². The average molecular weight is 553 g/mol. The highest BCUT2D eigenvalue weighted by atomic mass is 35.5. The number of anilines is 2. The van der Waals surface area contributed by atoms with Crippen LogP contribution in [0.15, 0.2) is 82.8 Å². The van der Waals surface area contributed by atoms with Gasteiger partial charge in [0.2, 0.25) is 0 Å². The number of carbonyl (C=O) groups excluding carboxylic acids is 2. The lowest BCUT2D eigenvalue weighted by molar-refractivity contribution is 0.101. The van der Waals surface area contributed by atoms with E-state index in [4.69, 9.17) is 0 Å². The number of halogens is 2. The fraction of sp³-hybridized carbons (Fsp3) is 0.214. The average Bonchev–Trinajstić information content (AvgIpc) is 3.61. The van der Waals surface area contributed by atoms with Gasteiger partial charge >= 0.3 is 0 Å². The molecule has 10 heteroatoms. The molecular weight excluding hydrogens is 523 g/mol. The Balaban J connectivity index is 0.00000200. The van der Waals surface area contributed by atoms with Crippen molar-refractivity contribution in [2.45, 2.75) is 12.8 Å². The minimum atomic E-state index is -0.228. The molecular formula is C28H30Cl2N6O2. The molecule has 38 heavy (non-hydrogen) atoms. The quantitative estimate of drug-likeness (QED) is 0.337. The number of amides is 2. The summed E-state index contributed by atoms with van der Waals surface area (Å²) in [5, 5.41) is 12.3. The molecule has 0 unspecified atom stereocenters. The van der Waals surface area contributed by atoms with Crippen molar-refractivity contribution in [3.63, 3.8) is 0 Å². The molecule has 0 atom stereocenters. The van der Waals surface area contributed by atoms with Gasteiger partial charge < -0.3 is 21.3 Å². The molecule has 3 aromatic carbocycles. The standard InChI is InChI=1S/C28H28N6O2.2ClH/c35-27(33-23-9-1-19(2-10-23)17-25-29-13-14-30-25)21-5-7-22(8-6-21)28(36)34-24-11-3-20(4-12-24)18-26-31-15-16-32-26;;/h1-12H,13-18H2,(H,29,30)(H,31,32)(H,33,35)(H,34,36);2*1H. The van der Waals surface area contributed by atoms with E-state index >= 15 is 0 Å². The Hall–Kier alpha value is -3.88. The summed E-state index contributed by atoms with van der Waals surface area (Å²) in [7, 11) is 0. The van der Waals surface area contributed by atoms with Gasteiger partial charge in [-0.1, -0.05) is 24.3 Å². The molecule has 2 heterocycles. The molecule has 3 aromatic rings. The van der Waals surface area contributed by atoms with Gasteiger partial charge in [-0.25, -0.2) is 0 Å². The Kier molecular flexibility index (Phi) is 10.3. The Bertz CT molecular complexity index is 1200. The molecule has 8 nitrogen and oxygen atoms in total. The topological polar surface area (TPSA) is 107 Å². The molecule has 2 aliphatic heterocycles. The van der Waals surface area contributed by atoms with Crippen molar-refractivity contribution >= 4 is 59.7 Å². The van der Waals surface area contributed by atoms with Crippen molar-refractivity contribution in [1.29, 1.82) is 0 Å². The first-order valence-electron chi connectivity index (χ1n) is 12.1. The lowest BCUT2D eigenvalue weighted by Gasteiger charge is -2.09. The molecule has 0 bridgehead atoms. The highest BCUT2D eigenvalue weighted by Gasteiger charge is 2.11.